The van der Waals surface area contributed by atoms with Gasteiger partial charge in [0.15, 0.2) is 0 Å². The summed E-state index contributed by atoms with van der Waals surface area (Å²) in [4.78, 5) is 24.8. The van der Waals surface area contributed by atoms with Crippen LogP contribution in [0.4, 0.5) is 0 Å². The van der Waals surface area contributed by atoms with E-state index in [2.05, 4.69) is 13.8 Å². The van der Waals surface area contributed by atoms with E-state index in [-0.39, 0.29) is 23.8 Å². The number of carbonyl (C=O) groups is 2. The fourth-order valence-corrected chi connectivity index (χ4v) is 2.37. The molecule has 3 atom stereocenters. The first kappa shape index (κ1) is 14.0. The van der Waals surface area contributed by atoms with E-state index in [1.807, 2.05) is 14.0 Å². The van der Waals surface area contributed by atoms with E-state index in [4.69, 9.17) is 5.11 Å². The van der Waals surface area contributed by atoms with Crippen LogP contribution >= 0.6 is 0 Å². The minimum absolute atomic E-state index is 0.0951. The Morgan fingerprint density at radius 1 is 1.18 bits per heavy atom. The zero-order chi connectivity index (χ0) is 13.2. The van der Waals surface area contributed by atoms with Crippen LogP contribution in [0.25, 0.3) is 0 Å². The smallest absolute Gasteiger partial charge is 0.306 e. The van der Waals surface area contributed by atoms with Gasteiger partial charge >= 0.3 is 5.97 Å². The van der Waals surface area contributed by atoms with Gasteiger partial charge in [-0.3, -0.25) is 9.59 Å². The highest BCUT2D eigenvalue weighted by molar-refractivity contribution is 5.81. The van der Waals surface area contributed by atoms with Crippen molar-refractivity contribution in [3.05, 3.63) is 0 Å². The Morgan fingerprint density at radius 3 is 2.12 bits per heavy atom. The summed E-state index contributed by atoms with van der Waals surface area (Å²) < 4.78 is 0. The molecule has 1 saturated carbocycles. The van der Waals surface area contributed by atoms with E-state index in [9.17, 15) is 9.59 Å². The SMILES string of the molecule is CC(C)C(C)N(C)C(=O)C1CCC(C(=O)O)C1. The second-order valence-electron chi connectivity index (χ2n) is 5.48. The van der Waals surface area contributed by atoms with Crippen LogP contribution in [0.3, 0.4) is 0 Å². The van der Waals surface area contributed by atoms with Crippen LogP contribution < -0.4 is 0 Å². The average Bonchev–Trinajstić information content (AvgIpc) is 2.75. The molecule has 0 aromatic heterocycles. The molecule has 0 radical (unpaired) electrons. The molecule has 1 fully saturated rings. The molecule has 3 unspecified atom stereocenters. The van der Waals surface area contributed by atoms with Gasteiger partial charge in [-0.2, -0.15) is 0 Å². The molecular weight excluding hydrogens is 218 g/mol. The molecule has 0 aromatic rings. The predicted octanol–water partition coefficient (Wildman–Crippen LogP) is 1.99. The number of amides is 1. The highest BCUT2D eigenvalue weighted by Crippen LogP contribution is 2.32. The Balaban J connectivity index is 2.57. The molecule has 1 aliphatic rings. The van der Waals surface area contributed by atoms with Crippen LogP contribution in [0.2, 0.25) is 0 Å². The molecule has 0 heterocycles. The first-order valence-corrected chi connectivity index (χ1v) is 6.34. The fourth-order valence-electron chi connectivity index (χ4n) is 2.37. The second kappa shape index (κ2) is 5.52. The van der Waals surface area contributed by atoms with Crippen molar-refractivity contribution in [1.82, 2.24) is 4.90 Å². The Kier molecular flexibility index (Phi) is 4.54. The quantitative estimate of drug-likeness (QED) is 0.819. The Bertz CT molecular complexity index is 301. The zero-order valence-corrected chi connectivity index (χ0v) is 11.1. The number of hydrogen-bond donors (Lipinski definition) is 1. The lowest BCUT2D eigenvalue weighted by Crippen LogP contribution is -2.41. The van der Waals surface area contributed by atoms with Crippen molar-refractivity contribution in [2.45, 2.75) is 46.1 Å². The normalized spacial score (nSPS) is 25.9. The van der Waals surface area contributed by atoms with Gasteiger partial charge in [-0.1, -0.05) is 13.8 Å². The zero-order valence-electron chi connectivity index (χ0n) is 11.1. The van der Waals surface area contributed by atoms with E-state index < -0.39 is 5.97 Å². The highest BCUT2D eigenvalue weighted by Gasteiger charge is 2.36. The number of hydrogen-bond acceptors (Lipinski definition) is 2. The first-order chi connectivity index (χ1) is 7.84. The molecule has 0 saturated heterocycles. The monoisotopic (exact) mass is 241 g/mol. The van der Waals surface area contributed by atoms with Gasteiger partial charge in [0.05, 0.1) is 5.92 Å². The van der Waals surface area contributed by atoms with Gasteiger partial charge in [0.25, 0.3) is 0 Å². The minimum atomic E-state index is -0.764. The Hall–Kier alpha value is -1.06. The molecule has 0 aliphatic heterocycles. The van der Waals surface area contributed by atoms with Gasteiger partial charge in [0.1, 0.15) is 0 Å². The molecule has 17 heavy (non-hydrogen) atoms. The summed E-state index contributed by atoms with van der Waals surface area (Å²) in [6.45, 7) is 6.21. The maximum absolute atomic E-state index is 12.2. The fraction of sp³-hybridized carbons (Fsp3) is 0.846. The van der Waals surface area contributed by atoms with Crippen LogP contribution in [0, 0.1) is 17.8 Å². The van der Waals surface area contributed by atoms with E-state index in [0.717, 1.165) is 0 Å². The molecule has 4 nitrogen and oxygen atoms in total. The lowest BCUT2D eigenvalue weighted by atomic mass is 10.00. The minimum Gasteiger partial charge on any atom is -0.481 e. The van der Waals surface area contributed by atoms with Gasteiger partial charge < -0.3 is 10.0 Å². The molecule has 1 rings (SSSR count). The summed E-state index contributed by atoms with van der Waals surface area (Å²) in [6.07, 6.45) is 1.85. The summed E-state index contributed by atoms with van der Waals surface area (Å²) in [7, 11) is 1.82. The number of nitrogens with zero attached hydrogens (tertiary/aromatic N) is 1. The van der Waals surface area contributed by atoms with Gasteiger partial charge in [0.2, 0.25) is 5.91 Å². The maximum Gasteiger partial charge on any atom is 0.306 e. The predicted molar refractivity (Wildman–Crippen MR) is 65.5 cm³/mol. The number of carbonyl (C=O) groups excluding carboxylic acids is 1. The summed E-state index contributed by atoms with van der Waals surface area (Å²) in [5.41, 5.74) is 0. The first-order valence-electron chi connectivity index (χ1n) is 6.34. The second-order valence-corrected chi connectivity index (χ2v) is 5.48. The Labute approximate surface area is 103 Å². The molecule has 0 bridgehead atoms. The van der Waals surface area contributed by atoms with Gasteiger partial charge in [-0.25, -0.2) is 0 Å². The largest absolute Gasteiger partial charge is 0.481 e. The molecule has 4 heteroatoms. The van der Waals surface area contributed by atoms with Gasteiger partial charge in [0, 0.05) is 19.0 Å². The van der Waals surface area contributed by atoms with E-state index in [1.54, 1.807) is 4.90 Å². The summed E-state index contributed by atoms with van der Waals surface area (Å²) in [6, 6.07) is 0.200. The number of aliphatic carboxylic acids is 1. The molecule has 0 spiro atoms. The van der Waals surface area contributed by atoms with Gasteiger partial charge in [-0.15, -0.1) is 0 Å². The third-order valence-electron chi connectivity index (χ3n) is 4.05. The summed E-state index contributed by atoms with van der Waals surface area (Å²) in [5.74, 6) is -0.663. The molecule has 0 aromatic carbocycles. The number of carboxylic acids is 1. The summed E-state index contributed by atoms with van der Waals surface area (Å²) in [5, 5.41) is 8.92. The average molecular weight is 241 g/mol. The van der Waals surface area contributed by atoms with E-state index in [1.165, 1.54) is 0 Å². The third kappa shape index (κ3) is 3.20. The van der Waals surface area contributed by atoms with Gasteiger partial charge in [-0.05, 0) is 32.1 Å². The van der Waals surface area contributed by atoms with Crippen molar-refractivity contribution in [1.29, 1.82) is 0 Å². The van der Waals surface area contributed by atoms with E-state index >= 15 is 0 Å². The van der Waals surface area contributed by atoms with Crippen molar-refractivity contribution < 1.29 is 14.7 Å². The van der Waals surface area contributed by atoms with Crippen LogP contribution in [-0.2, 0) is 9.59 Å². The van der Waals surface area contributed by atoms with Crippen LogP contribution in [0.5, 0.6) is 0 Å². The summed E-state index contributed by atoms with van der Waals surface area (Å²) >= 11 is 0. The van der Waals surface area contributed by atoms with Crippen LogP contribution in [0.1, 0.15) is 40.0 Å². The lowest BCUT2D eigenvalue weighted by Gasteiger charge is -2.30. The van der Waals surface area contributed by atoms with Crippen molar-refractivity contribution in [3.8, 4) is 0 Å². The lowest BCUT2D eigenvalue weighted by molar-refractivity contribution is -0.141. The topological polar surface area (TPSA) is 57.6 Å². The van der Waals surface area contributed by atoms with Crippen molar-refractivity contribution in [3.63, 3.8) is 0 Å². The number of rotatable bonds is 4. The molecule has 1 aliphatic carbocycles. The molecular formula is C13H23NO3. The van der Waals surface area contributed by atoms with Crippen LogP contribution in [0.15, 0.2) is 0 Å². The van der Waals surface area contributed by atoms with E-state index in [0.29, 0.717) is 25.2 Å². The van der Waals surface area contributed by atoms with Crippen molar-refractivity contribution in [2.24, 2.45) is 17.8 Å². The third-order valence-corrected chi connectivity index (χ3v) is 4.05. The van der Waals surface area contributed by atoms with Crippen molar-refractivity contribution in [2.75, 3.05) is 7.05 Å². The van der Waals surface area contributed by atoms with Crippen LogP contribution in [-0.4, -0.2) is 35.0 Å². The molecule has 1 amide bonds. The highest BCUT2D eigenvalue weighted by atomic mass is 16.4. The number of carboxylic acid groups (broad SMARTS) is 1. The molecule has 98 valence electrons. The Morgan fingerprint density at radius 2 is 1.71 bits per heavy atom. The maximum atomic E-state index is 12.2. The molecule has 1 N–H and O–H groups in total. The van der Waals surface area contributed by atoms with Crippen molar-refractivity contribution >= 4 is 11.9 Å². The standard InChI is InChI=1S/C13H23NO3/c1-8(2)9(3)14(4)12(15)10-5-6-11(7-10)13(16)17/h8-11H,5-7H2,1-4H3,(H,16,17).